The molecule has 0 aromatic heterocycles. The smallest absolute Gasteiger partial charge is 0.251 e. The number of nitrogens with zero attached hydrogens (tertiary/aromatic N) is 1. The molecule has 1 heterocycles. The lowest BCUT2D eigenvalue weighted by molar-refractivity contribution is 0.0912. The molecule has 1 aromatic rings. The Morgan fingerprint density at radius 3 is 2.70 bits per heavy atom. The summed E-state index contributed by atoms with van der Waals surface area (Å²) in [5.41, 5.74) is 8.06. The Kier molecular flexibility index (Phi) is 5.05. The van der Waals surface area contributed by atoms with Crippen molar-refractivity contribution in [2.24, 2.45) is 0 Å². The maximum Gasteiger partial charge on any atom is 0.251 e. The molecule has 0 saturated carbocycles. The van der Waals surface area contributed by atoms with Gasteiger partial charge in [0.15, 0.2) is 0 Å². The minimum absolute atomic E-state index is 0.0227. The molecule has 0 bridgehead atoms. The molecular weight excluding hydrogens is 318 g/mol. The third kappa shape index (κ3) is 3.52. The third-order valence-corrected chi connectivity index (χ3v) is 4.49. The first kappa shape index (κ1) is 15.3. The van der Waals surface area contributed by atoms with Crippen LogP contribution in [0.4, 0.5) is 5.69 Å². The van der Waals surface area contributed by atoms with Crippen molar-refractivity contribution in [2.75, 3.05) is 25.4 Å². The van der Waals surface area contributed by atoms with Gasteiger partial charge in [0.25, 0.3) is 5.91 Å². The Balaban J connectivity index is 2.02. The van der Waals surface area contributed by atoms with Gasteiger partial charge in [-0.3, -0.25) is 4.79 Å². The first-order valence-electron chi connectivity index (χ1n) is 7.10. The van der Waals surface area contributed by atoms with Crippen LogP contribution in [-0.4, -0.2) is 36.5 Å². The molecule has 5 heteroatoms. The maximum atomic E-state index is 12.4. The fourth-order valence-corrected chi connectivity index (χ4v) is 3.07. The molecule has 2 rings (SSSR count). The summed E-state index contributed by atoms with van der Waals surface area (Å²) < 4.78 is 0.839. The fraction of sp³-hybridized carbons (Fsp3) is 0.533. The molecule has 1 saturated heterocycles. The van der Waals surface area contributed by atoms with Gasteiger partial charge >= 0.3 is 0 Å². The summed E-state index contributed by atoms with van der Waals surface area (Å²) in [5, 5.41) is 3.13. The van der Waals surface area contributed by atoms with Crippen LogP contribution in [-0.2, 0) is 0 Å². The van der Waals surface area contributed by atoms with Crippen molar-refractivity contribution in [3.8, 4) is 0 Å². The molecule has 0 unspecified atom stereocenters. The van der Waals surface area contributed by atoms with Gasteiger partial charge in [-0.25, -0.2) is 0 Å². The van der Waals surface area contributed by atoms with E-state index in [4.69, 9.17) is 5.73 Å². The van der Waals surface area contributed by atoms with Gasteiger partial charge < -0.3 is 16.0 Å². The van der Waals surface area contributed by atoms with Gasteiger partial charge in [0, 0.05) is 34.9 Å². The lowest BCUT2D eigenvalue weighted by Crippen LogP contribution is -2.44. The number of rotatable bonds is 3. The van der Waals surface area contributed by atoms with E-state index in [1.165, 1.54) is 0 Å². The Labute approximate surface area is 128 Å². The van der Waals surface area contributed by atoms with E-state index in [2.05, 4.69) is 33.1 Å². The van der Waals surface area contributed by atoms with E-state index >= 15 is 0 Å². The number of benzene rings is 1. The highest BCUT2D eigenvalue weighted by atomic mass is 79.9. The minimum atomic E-state index is -0.0227. The van der Waals surface area contributed by atoms with Crippen LogP contribution in [0.15, 0.2) is 16.6 Å². The predicted octanol–water partition coefficient (Wildman–Crippen LogP) is 2.55. The maximum absolute atomic E-state index is 12.4. The molecule has 0 atom stereocenters. The number of hydrogen-bond donors (Lipinski definition) is 2. The number of halogens is 1. The summed E-state index contributed by atoms with van der Waals surface area (Å²) >= 11 is 3.39. The monoisotopic (exact) mass is 339 g/mol. The number of anilines is 1. The number of nitrogen functional groups attached to an aromatic ring is 1. The van der Waals surface area contributed by atoms with E-state index in [9.17, 15) is 4.79 Å². The molecule has 0 aliphatic carbocycles. The average Bonchev–Trinajstić information content (AvgIpc) is 2.43. The quantitative estimate of drug-likeness (QED) is 0.832. The Morgan fingerprint density at radius 1 is 1.45 bits per heavy atom. The van der Waals surface area contributed by atoms with Crippen LogP contribution in [0.1, 0.15) is 35.7 Å². The second-order valence-corrected chi connectivity index (χ2v) is 6.27. The number of likely N-dealkylation sites (tertiary alicyclic amines) is 1. The van der Waals surface area contributed by atoms with E-state index in [1.807, 2.05) is 19.1 Å². The highest BCUT2D eigenvalue weighted by Gasteiger charge is 2.21. The number of nitrogens with one attached hydrogen (secondary N) is 1. The number of carbonyl (C=O) groups excluding carboxylic acids is 1. The molecule has 1 amide bonds. The second-order valence-electron chi connectivity index (χ2n) is 5.35. The largest absolute Gasteiger partial charge is 0.398 e. The lowest BCUT2D eigenvalue weighted by Gasteiger charge is -2.31. The highest BCUT2D eigenvalue weighted by molar-refractivity contribution is 9.10. The summed E-state index contributed by atoms with van der Waals surface area (Å²) in [6.45, 7) is 7.26. The minimum Gasteiger partial charge on any atom is -0.398 e. The normalized spacial score (nSPS) is 17.1. The highest BCUT2D eigenvalue weighted by Crippen LogP contribution is 2.23. The average molecular weight is 340 g/mol. The molecule has 1 fully saturated rings. The van der Waals surface area contributed by atoms with Crippen LogP contribution in [0.2, 0.25) is 0 Å². The zero-order valence-electron chi connectivity index (χ0n) is 12.1. The standard InChI is InChI=1S/C15H22BrN3O/c1-3-19-6-4-12(5-7-19)18-15(20)13-8-11(16)9-14(17)10(13)2/h8-9,12H,3-7,17H2,1-2H3,(H,18,20). The first-order chi connectivity index (χ1) is 9.51. The van der Waals surface area contributed by atoms with Gasteiger partial charge in [0.2, 0.25) is 0 Å². The van der Waals surface area contributed by atoms with Gasteiger partial charge in [-0.2, -0.15) is 0 Å². The molecule has 110 valence electrons. The van der Waals surface area contributed by atoms with Gasteiger partial charge in [-0.15, -0.1) is 0 Å². The number of amides is 1. The van der Waals surface area contributed by atoms with Crippen molar-refractivity contribution in [3.63, 3.8) is 0 Å². The molecule has 4 nitrogen and oxygen atoms in total. The van der Waals surface area contributed by atoms with Crippen molar-refractivity contribution < 1.29 is 4.79 Å². The van der Waals surface area contributed by atoms with Crippen LogP contribution in [0.5, 0.6) is 0 Å². The predicted molar refractivity (Wildman–Crippen MR) is 85.9 cm³/mol. The van der Waals surface area contributed by atoms with Gasteiger partial charge in [0.1, 0.15) is 0 Å². The lowest BCUT2D eigenvalue weighted by atomic mass is 10.0. The van der Waals surface area contributed by atoms with E-state index in [-0.39, 0.29) is 11.9 Å². The van der Waals surface area contributed by atoms with Crippen molar-refractivity contribution in [3.05, 3.63) is 27.7 Å². The Bertz CT molecular complexity index is 496. The van der Waals surface area contributed by atoms with Gasteiger partial charge in [0.05, 0.1) is 0 Å². The zero-order chi connectivity index (χ0) is 14.7. The second kappa shape index (κ2) is 6.59. The zero-order valence-corrected chi connectivity index (χ0v) is 13.7. The van der Waals surface area contributed by atoms with Crippen molar-refractivity contribution in [1.82, 2.24) is 10.2 Å². The Hall–Kier alpha value is -1.07. The van der Waals surface area contributed by atoms with Crippen LogP contribution in [0.3, 0.4) is 0 Å². The van der Waals surface area contributed by atoms with E-state index in [1.54, 1.807) is 0 Å². The number of nitrogens with two attached hydrogens (primary N) is 1. The topological polar surface area (TPSA) is 58.4 Å². The van der Waals surface area contributed by atoms with E-state index < -0.39 is 0 Å². The van der Waals surface area contributed by atoms with Crippen molar-refractivity contribution >= 4 is 27.5 Å². The van der Waals surface area contributed by atoms with Crippen molar-refractivity contribution in [2.45, 2.75) is 32.7 Å². The van der Waals surface area contributed by atoms with E-state index in [0.29, 0.717) is 11.3 Å². The molecule has 1 aliphatic rings. The molecule has 0 radical (unpaired) electrons. The molecule has 3 N–H and O–H groups in total. The van der Waals surface area contributed by atoms with Gasteiger partial charge in [-0.05, 0) is 44.0 Å². The summed E-state index contributed by atoms with van der Waals surface area (Å²) in [6, 6.07) is 3.93. The van der Waals surface area contributed by atoms with E-state index in [0.717, 1.165) is 42.5 Å². The molecular formula is C15H22BrN3O. The molecule has 20 heavy (non-hydrogen) atoms. The summed E-state index contributed by atoms with van der Waals surface area (Å²) in [5.74, 6) is -0.0227. The Morgan fingerprint density at radius 2 is 2.10 bits per heavy atom. The van der Waals surface area contributed by atoms with Crippen LogP contribution < -0.4 is 11.1 Å². The number of carbonyl (C=O) groups is 1. The molecule has 1 aromatic carbocycles. The summed E-state index contributed by atoms with van der Waals surface area (Å²) in [6.07, 6.45) is 2.03. The number of piperidine rings is 1. The van der Waals surface area contributed by atoms with Crippen molar-refractivity contribution in [1.29, 1.82) is 0 Å². The van der Waals surface area contributed by atoms with Crippen LogP contribution in [0, 0.1) is 6.92 Å². The summed E-state index contributed by atoms with van der Waals surface area (Å²) in [4.78, 5) is 14.8. The van der Waals surface area contributed by atoms with Crippen LogP contribution >= 0.6 is 15.9 Å². The third-order valence-electron chi connectivity index (χ3n) is 4.03. The van der Waals surface area contributed by atoms with Gasteiger partial charge in [-0.1, -0.05) is 22.9 Å². The number of hydrogen-bond acceptors (Lipinski definition) is 3. The first-order valence-corrected chi connectivity index (χ1v) is 7.89. The SMILES string of the molecule is CCN1CCC(NC(=O)c2cc(Br)cc(N)c2C)CC1. The van der Waals surface area contributed by atoms with Crippen LogP contribution in [0.25, 0.3) is 0 Å². The fourth-order valence-electron chi connectivity index (χ4n) is 2.59. The summed E-state index contributed by atoms with van der Waals surface area (Å²) in [7, 11) is 0. The molecule has 0 spiro atoms. The molecule has 1 aliphatic heterocycles.